The molecular weight excluding hydrogens is 408 g/mol. The van der Waals surface area contributed by atoms with Gasteiger partial charge < -0.3 is 16.0 Å². The number of carbonyl (C=O) groups is 2. The predicted molar refractivity (Wildman–Crippen MR) is 115 cm³/mol. The van der Waals surface area contributed by atoms with Gasteiger partial charge in [-0.15, -0.1) is 11.3 Å². The molecule has 3 N–H and O–H groups in total. The summed E-state index contributed by atoms with van der Waals surface area (Å²) >= 11 is 7.31. The van der Waals surface area contributed by atoms with Gasteiger partial charge in [-0.3, -0.25) is 9.59 Å². The topological polar surface area (TPSA) is 99.2 Å². The number of nitrogens with two attached hydrogens (primary N) is 1. The van der Waals surface area contributed by atoms with Gasteiger partial charge in [-0.1, -0.05) is 43.7 Å². The number of rotatable bonds is 6. The van der Waals surface area contributed by atoms with Crippen molar-refractivity contribution >= 4 is 34.8 Å². The number of likely N-dealkylation sites (tertiary alicyclic amines) is 1. The fourth-order valence-electron chi connectivity index (χ4n) is 4.54. The molecule has 2 aliphatic rings. The van der Waals surface area contributed by atoms with Crippen LogP contribution in [0.3, 0.4) is 0 Å². The lowest BCUT2D eigenvalue weighted by atomic mass is 9.79. The minimum absolute atomic E-state index is 0.196. The number of thiophene rings is 1. The molecule has 1 unspecified atom stereocenters. The van der Waals surface area contributed by atoms with E-state index < -0.39 is 17.4 Å². The van der Waals surface area contributed by atoms with Gasteiger partial charge in [0, 0.05) is 13.1 Å². The quantitative estimate of drug-likeness (QED) is 0.710. The lowest BCUT2D eigenvalue weighted by Crippen LogP contribution is -2.55. The molecule has 6 nitrogen and oxygen atoms in total. The Morgan fingerprint density at radius 2 is 2.03 bits per heavy atom. The smallest absolute Gasteiger partial charge is 0.259 e. The number of primary amides is 1. The van der Waals surface area contributed by atoms with Crippen molar-refractivity contribution in [2.24, 2.45) is 11.7 Å². The number of nitriles is 1. The maximum Gasteiger partial charge on any atom is 0.259 e. The zero-order valence-electron chi connectivity index (χ0n) is 16.9. The first-order chi connectivity index (χ1) is 13.8. The van der Waals surface area contributed by atoms with E-state index in [1.54, 1.807) is 6.07 Å². The Balaban J connectivity index is 1.87. The third-order valence-electron chi connectivity index (χ3n) is 6.36. The van der Waals surface area contributed by atoms with E-state index in [9.17, 15) is 14.9 Å². The van der Waals surface area contributed by atoms with E-state index in [4.69, 9.17) is 17.3 Å². The van der Waals surface area contributed by atoms with Gasteiger partial charge in [0.1, 0.15) is 5.54 Å². The molecule has 158 valence electrons. The highest BCUT2D eigenvalue weighted by molar-refractivity contribution is 7.18. The van der Waals surface area contributed by atoms with Crippen LogP contribution in [0.2, 0.25) is 4.34 Å². The number of piperidine rings is 1. The summed E-state index contributed by atoms with van der Waals surface area (Å²) in [5, 5.41) is 12.9. The molecule has 1 saturated heterocycles. The van der Waals surface area contributed by atoms with Crippen molar-refractivity contribution in [2.75, 3.05) is 20.1 Å². The summed E-state index contributed by atoms with van der Waals surface area (Å²) in [5.74, 6) is -0.852. The lowest BCUT2D eigenvalue weighted by Gasteiger charge is -2.37. The average Bonchev–Trinajstić information content (AvgIpc) is 3.10. The summed E-state index contributed by atoms with van der Waals surface area (Å²) in [6, 6.07) is 4.05. The molecule has 1 aromatic heterocycles. The first kappa shape index (κ1) is 22.1. The van der Waals surface area contributed by atoms with E-state index >= 15 is 0 Å². The Labute approximate surface area is 181 Å². The summed E-state index contributed by atoms with van der Waals surface area (Å²) < 4.78 is 0.449. The van der Waals surface area contributed by atoms with Crippen molar-refractivity contribution in [3.63, 3.8) is 0 Å². The molecule has 1 aliphatic heterocycles. The normalized spacial score (nSPS) is 21.3. The van der Waals surface area contributed by atoms with Gasteiger partial charge in [-0.2, -0.15) is 5.26 Å². The lowest BCUT2D eigenvalue weighted by molar-refractivity contribution is -0.124. The van der Waals surface area contributed by atoms with Crippen LogP contribution < -0.4 is 11.1 Å². The van der Waals surface area contributed by atoms with Crippen molar-refractivity contribution in [1.82, 2.24) is 10.2 Å². The third kappa shape index (κ3) is 5.30. The number of hydrogen-bond donors (Lipinski definition) is 2. The number of carbonyl (C=O) groups excluding carboxylic acids is 2. The van der Waals surface area contributed by atoms with Crippen LogP contribution in [0.25, 0.3) is 0 Å². The molecule has 3 rings (SSSR count). The van der Waals surface area contributed by atoms with Crippen molar-refractivity contribution in [1.29, 1.82) is 5.26 Å². The Morgan fingerprint density at radius 1 is 1.38 bits per heavy atom. The second-order valence-corrected chi connectivity index (χ2v) is 10.2. The van der Waals surface area contributed by atoms with Crippen LogP contribution >= 0.6 is 22.9 Å². The molecule has 1 aliphatic carbocycles. The van der Waals surface area contributed by atoms with Gasteiger partial charge in [-0.05, 0) is 43.9 Å². The van der Waals surface area contributed by atoms with Crippen LogP contribution in [-0.4, -0.2) is 42.4 Å². The number of nitrogens with zero attached hydrogens (tertiary/aromatic N) is 2. The van der Waals surface area contributed by atoms with Crippen LogP contribution in [0.1, 0.15) is 72.5 Å². The summed E-state index contributed by atoms with van der Waals surface area (Å²) in [7, 11) is 2.02. The standard InChI is InChI=1S/C21H29ClN4O2S/c1-26-9-7-21(13-23,8-10-26)25-20(28)16(11-14-5-3-2-4-6-14)15-12-17(22)29-18(15)19(24)27/h12,14,16H,2-11H2,1H3,(H2,24,27)(H,25,28). The monoisotopic (exact) mass is 436 g/mol. The molecule has 2 amide bonds. The zero-order chi connectivity index (χ0) is 21.0. The van der Waals surface area contributed by atoms with Gasteiger partial charge in [-0.25, -0.2) is 0 Å². The maximum atomic E-state index is 13.4. The van der Waals surface area contributed by atoms with Gasteiger partial charge in [0.2, 0.25) is 5.91 Å². The van der Waals surface area contributed by atoms with E-state index in [-0.39, 0.29) is 5.91 Å². The molecule has 2 heterocycles. The Bertz CT molecular complexity index is 789. The minimum Gasteiger partial charge on any atom is -0.365 e. The van der Waals surface area contributed by atoms with Gasteiger partial charge in [0.15, 0.2) is 0 Å². The summed E-state index contributed by atoms with van der Waals surface area (Å²) in [6.07, 6.45) is 7.57. The molecule has 29 heavy (non-hydrogen) atoms. The van der Waals surface area contributed by atoms with Gasteiger partial charge in [0.25, 0.3) is 5.91 Å². The maximum absolute atomic E-state index is 13.4. The minimum atomic E-state index is -0.860. The zero-order valence-corrected chi connectivity index (χ0v) is 18.5. The highest BCUT2D eigenvalue weighted by atomic mass is 35.5. The molecule has 0 bridgehead atoms. The second-order valence-electron chi connectivity index (χ2n) is 8.48. The largest absolute Gasteiger partial charge is 0.365 e. The van der Waals surface area contributed by atoms with Crippen LogP contribution in [0.4, 0.5) is 0 Å². The molecule has 0 aromatic carbocycles. The molecule has 8 heteroatoms. The number of hydrogen-bond acceptors (Lipinski definition) is 5. The van der Waals surface area contributed by atoms with E-state index in [2.05, 4.69) is 16.3 Å². The summed E-state index contributed by atoms with van der Waals surface area (Å²) in [4.78, 5) is 27.9. The molecule has 1 aromatic rings. The van der Waals surface area contributed by atoms with E-state index in [0.717, 1.165) is 37.3 Å². The SMILES string of the molecule is CN1CCC(C#N)(NC(=O)C(CC2CCCCC2)c2cc(Cl)sc2C(N)=O)CC1. The van der Waals surface area contributed by atoms with Crippen molar-refractivity contribution in [3.8, 4) is 6.07 Å². The Hall–Kier alpha value is -1.62. The number of nitrogens with one attached hydrogen (secondary N) is 1. The Morgan fingerprint density at radius 3 is 2.62 bits per heavy atom. The van der Waals surface area contributed by atoms with Crippen molar-refractivity contribution in [3.05, 3.63) is 20.8 Å². The fourth-order valence-corrected chi connectivity index (χ4v) is 5.69. The molecule has 0 radical (unpaired) electrons. The highest BCUT2D eigenvalue weighted by Crippen LogP contribution is 2.39. The van der Waals surface area contributed by atoms with Crippen LogP contribution in [0.5, 0.6) is 0 Å². The van der Waals surface area contributed by atoms with Crippen LogP contribution in [0.15, 0.2) is 6.07 Å². The number of halogens is 1. The highest BCUT2D eigenvalue weighted by Gasteiger charge is 2.39. The van der Waals surface area contributed by atoms with E-state index in [1.807, 2.05) is 7.05 Å². The van der Waals surface area contributed by atoms with Crippen LogP contribution in [0, 0.1) is 17.2 Å². The summed E-state index contributed by atoms with van der Waals surface area (Å²) in [6.45, 7) is 1.52. The second kappa shape index (κ2) is 9.46. The first-order valence-corrected chi connectivity index (χ1v) is 11.5. The molecule has 0 spiro atoms. The first-order valence-electron chi connectivity index (χ1n) is 10.3. The van der Waals surface area contributed by atoms with E-state index in [0.29, 0.717) is 40.0 Å². The molecule has 2 fully saturated rings. The van der Waals surface area contributed by atoms with Gasteiger partial charge in [0.05, 0.1) is 21.2 Å². The molecule has 1 saturated carbocycles. The molecule has 1 atom stereocenters. The third-order valence-corrected chi connectivity index (χ3v) is 7.65. The van der Waals surface area contributed by atoms with Crippen LogP contribution in [-0.2, 0) is 4.79 Å². The average molecular weight is 437 g/mol. The molecular formula is C21H29ClN4O2S. The number of amides is 2. The Kier molecular flexibility index (Phi) is 7.20. The summed E-state index contributed by atoms with van der Waals surface area (Å²) in [5.41, 5.74) is 5.32. The fraction of sp³-hybridized carbons (Fsp3) is 0.667. The van der Waals surface area contributed by atoms with Gasteiger partial charge >= 0.3 is 0 Å². The van der Waals surface area contributed by atoms with Crippen molar-refractivity contribution in [2.45, 2.75) is 62.8 Å². The van der Waals surface area contributed by atoms with E-state index in [1.165, 1.54) is 19.3 Å². The van der Waals surface area contributed by atoms with Crippen molar-refractivity contribution < 1.29 is 9.59 Å². The predicted octanol–water partition coefficient (Wildman–Crippen LogP) is 3.66.